The molecular weight excluding hydrogens is 396 g/mol. The summed E-state index contributed by atoms with van der Waals surface area (Å²) in [5.41, 5.74) is 1.17. The molecule has 3 aromatic rings. The smallest absolute Gasteiger partial charge is 0.413 e. The molecule has 0 fully saturated rings. The van der Waals surface area contributed by atoms with Crippen molar-refractivity contribution in [3.63, 3.8) is 0 Å². The Kier molecular flexibility index (Phi) is 7.02. The lowest BCUT2D eigenvalue weighted by molar-refractivity contribution is 0.102. The Morgan fingerprint density at radius 1 is 1.06 bits per heavy atom. The fraction of sp³-hybridized carbons (Fsp3) is 0.304. The molecule has 2 aromatic carbocycles. The number of methoxy groups -OCH3 is 1. The van der Waals surface area contributed by atoms with Gasteiger partial charge in [0, 0.05) is 30.4 Å². The van der Waals surface area contributed by atoms with Crippen molar-refractivity contribution in [1.82, 2.24) is 9.78 Å². The number of benzene rings is 2. The van der Waals surface area contributed by atoms with E-state index in [1.54, 1.807) is 55.6 Å². The van der Waals surface area contributed by atoms with Crippen molar-refractivity contribution < 1.29 is 14.3 Å². The zero-order chi connectivity index (χ0) is 22.4. The maximum absolute atomic E-state index is 13.0. The molecule has 0 saturated carbocycles. The molecule has 0 aliphatic rings. The first-order valence-corrected chi connectivity index (χ1v) is 10.2. The highest BCUT2D eigenvalue weighted by Crippen LogP contribution is 2.19. The standard InChI is InChI=1S/C23H26N4O4/c1-4-5-8-15-27-22(29)19-10-7-6-9-18(19)20(25-27)21(28)24-16-11-13-17(14-12-16)26(2)23(30)31-3/h6-7,9-14H,4-5,8,15H2,1-3H3,(H,24,28). The fourth-order valence-corrected chi connectivity index (χ4v) is 3.27. The molecule has 0 saturated heterocycles. The van der Waals surface area contributed by atoms with E-state index in [1.807, 2.05) is 0 Å². The summed E-state index contributed by atoms with van der Waals surface area (Å²) in [5, 5.41) is 8.17. The number of anilines is 2. The summed E-state index contributed by atoms with van der Waals surface area (Å²) in [6.45, 7) is 2.55. The predicted octanol–water partition coefficient (Wildman–Crippen LogP) is 4.04. The molecular formula is C23H26N4O4. The van der Waals surface area contributed by atoms with E-state index in [4.69, 9.17) is 4.74 Å². The third-order valence-corrected chi connectivity index (χ3v) is 5.02. The number of nitrogens with zero attached hydrogens (tertiary/aromatic N) is 3. The van der Waals surface area contributed by atoms with Crippen molar-refractivity contribution >= 4 is 34.1 Å². The van der Waals surface area contributed by atoms with Crippen LogP contribution in [0.5, 0.6) is 0 Å². The van der Waals surface area contributed by atoms with Crippen LogP contribution in [-0.2, 0) is 11.3 Å². The molecule has 0 bridgehead atoms. The topological polar surface area (TPSA) is 93.5 Å². The van der Waals surface area contributed by atoms with Gasteiger partial charge in [0.1, 0.15) is 0 Å². The molecule has 31 heavy (non-hydrogen) atoms. The SMILES string of the molecule is CCCCCn1nc(C(=O)Nc2ccc(N(C)C(=O)OC)cc2)c2ccccc2c1=O. The number of aromatic nitrogens is 2. The van der Waals surface area contributed by atoms with Gasteiger partial charge in [-0.2, -0.15) is 5.10 Å². The molecule has 0 spiro atoms. The molecule has 0 atom stereocenters. The molecule has 2 amide bonds. The van der Waals surface area contributed by atoms with Crippen molar-refractivity contribution in [2.24, 2.45) is 0 Å². The highest BCUT2D eigenvalue weighted by molar-refractivity contribution is 6.11. The van der Waals surface area contributed by atoms with Gasteiger partial charge in [-0.1, -0.05) is 38.0 Å². The second kappa shape index (κ2) is 9.88. The number of fused-ring (bicyclic) bond motifs is 1. The van der Waals surface area contributed by atoms with Gasteiger partial charge in [-0.15, -0.1) is 0 Å². The summed E-state index contributed by atoms with van der Waals surface area (Å²) in [6, 6.07) is 13.8. The summed E-state index contributed by atoms with van der Waals surface area (Å²) < 4.78 is 6.07. The van der Waals surface area contributed by atoms with Crippen molar-refractivity contribution in [1.29, 1.82) is 0 Å². The first-order valence-electron chi connectivity index (χ1n) is 10.2. The van der Waals surface area contributed by atoms with Crippen LogP contribution in [0.25, 0.3) is 10.8 Å². The van der Waals surface area contributed by atoms with E-state index in [0.29, 0.717) is 28.7 Å². The Morgan fingerprint density at radius 3 is 2.39 bits per heavy atom. The monoisotopic (exact) mass is 422 g/mol. The predicted molar refractivity (Wildman–Crippen MR) is 121 cm³/mol. The van der Waals surface area contributed by atoms with E-state index in [0.717, 1.165) is 19.3 Å². The lowest BCUT2D eigenvalue weighted by Gasteiger charge is -2.16. The number of nitrogens with one attached hydrogen (secondary N) is 1. The van der Waals surface area contributed by atoms with Crippen LogP contribution in [0.1, 0.15) is 36.7 Å². The zero-order valence-corrected chi connectivity index (χ0v) is 17.9. The number of hydrogen-bond donors (Lipinski definition) is 1. The van der Waals surface area contributed by atoms with Crippen LogP contribution >= 0.6 is 0 Å². The minimum absolute atomic E-state index is 0.196. The molecule has 1 heterocycles. The van der Waals surface area contributed by atoms with Crippen LogP contribution < -0.4 is 15.8 Å². The largest absolute Gasteiger partial charge is 0.452 e. The van der Waals surface area contributed by atoms with Gasteiger partial charge in [0.05, 0.1) is 12.5 Å². The van der Waals surface area contributed by atoms with Crippen LogP contribution in [0.2, 0.25) is 0 Å². The van der Waals surface area contributed by atoms with Crippen LogP contribution in [0, 0.1) is 0 Å². The van der Waals surface area contributed by atoms with Crippen molar-refractivity contribution in [2.75, 3.05) is 24.4 Å². The average molecular weight is 422 g/mol. The lowest BCUT2D eigenvalue weighted by atomic mass is 10.1. The Morgan fingerprint density at radius 2 is 1.74 bits per heavy atom. The van der Waals surface area contributed by atoms with Gasteiger partial charge in [0.2, 0.25) is 0 Å². The number of carbonyl (C=O) groups is 2. The number of ether oxygens (including phenoxy) is 1. The van der Waals surface area contributed by atoms with Gasteiger partial charge < -0.3 is 10.1 Å². The molecule has 8 nitrogen and oxygen atoms in total. The minimum atomic E-state index is -0.488. The minimum Gasteiger partial charge on any atom is -0.452 e. The van der Waals surface area contributed by atoms with Gasteiger partial charge in [0.15, 0.2) is 5.69 Å². The first-order chi connectivity index (χ1) is 15.0. The van der Waals surface area contributed by atoms with Crippen molar-refractivity contribution in [3.8, 4) is 0 Å². The number of hydrogen-bond acceptors (Lipinski definition) is 5. The molecule has 0 aliphatic carbocycles. The Labute approximate surface area is 180 Å². The van der Waals surface area contributed by atoms with Gasteiger partial charge in [-0.3, -0.25) is 14.5 Å². The molecule has 1 aromatic heterocycles. The first kappa shape index (κ1) is 22.0. The molecule has 0 radical (unpaired) electrons. The van der Waals surface area contributed by atoms with Crippen LogP contribution in [0.15, 0.2) is 53.3 Å². The number of rotatable bonds is 7. The highest BCUT2D eigenvalue weighted by atomic mass is 16.5. The summed E-state index contributed by atoms with van der Waals surface area (Å²) in [6.07, 6.45) is 2.33. The van der Waals surface area contributed by atoms with E-state index in [9.17, 15) is 14.4 Å². The fourth-order valence-electron chi connectivity index (χ4n) is 3.27. The molecule has 0 unspecified atom stereocenters. The molecule has 8 heteroatoms. The maximum Gasteiger partial charge on any atom is 0.413 e. The van der Waals surface area contributed by atoms with E-state index in [1.165, 1.54) is 16.7 Å². The molecule has 0 aliphatic heterocycles. The number of unbranched alkanes of at least 4 members (excludes halogenated alkanes) is 2. The number of carbonyl (C=O) groups excluding carboxylic acids is 2. The number of aryl methyl sites for hydroxylation is 1. The van der Waals surface area contributed by atoms with E-state index in [2.05, 4.69) is 17.3 Å². The van der Waals surface area contributed by atoms with Gasteiger partial charge in [0.25, 0.3) is 11.5 Å². The third kappa shape index (κ3) is 4.91. The average Bonchev–Trinajstić information content (AvgIpc) is 2.80. The maximum atomic E-state index is 13.0. The van der Waals surface area contributed by atoms with Crippen molar-refractivity contribution in [3.05, 3.63) is 64.6 Å². The quantitative estimate of drug-likeness (QED) is 0.580. The van der Waals surface area contributed by atoms with E-state index < -0.39 is 12.0 Å². The Balaban J connectivity index is 1.89. The lowest BCUT2D eigenvalue weighted by Crippen LogP contribution is -2.28. The van der Waals surface area contributed by atoms with Gasteiger partial charge >= 0.3 is 6.09 Å². The van der Waals surface area contributed by atoms with Crippen LogP contribution in [0.3, 0.4) is 0 Å². The summed E-state index contributed by atoms with van der Waals surface area (Å²) in [5.74, 6) is -0.408. The van der Waals surface area contributed by atoms with Gasteiger partial charge in [-0.05, 0) is 36.8 Å². The highest BCUT2D eigenvalue weighted by Gasteiger charge is 2.17. The van der Waals surface area contributed by atoms with Crippen molar-refractivity contribution in [2.45, 2.75) is 32.7 Å². The van der Waals surface area contributed by atoms with E-state index >= 15 is 0 Å². The second-order valence-electron chi connectivity index (χ2n) is 7.16. The van der Waals surface area contributed by atoms with Crippen LogP contribution in [0.4, 0.5) is 16.2 Å². The summed E-state index contributed by atoms with van der Waals surface area (Å²) >= 11 is 0. The third-order valence-electron chi connectivity index (χ3n) is 5.02. The Hall–Kier alpha value is -3.68. The van der Waals surface area contributed by atoms with Crippen LogP contribution in [-0.4, -0.2) is 35.9 Å². The molecule has 162 valence electrons. The molecule has 3 rings (SSSR count). The summed E-state index contributed by atoms with van der Waals surface area (Å²) in [7, 11) is 2.91. The normalized spacial score (nSPS) is 10.7. The zero-order valence-electron chi connectivity index (χ0n) is 17.9. The second-order valence-corrected chi connectivity index (χ2v) is 7.16. The van der Waals surface area contributed by atoms with E-state index in [-0.39, 0.29) is 11.3 Å². The van der Waals surface area contributed by atoms with Gasteiger partial charge in [-0.25, -0.2) is 9.48 Å². The number of amides is 2. The Bertz CT molecular complexity index is 1140. The molecule has 1 N–H and O–H groups in total. The summed E-state index contributed by atoms with van der Waals surface area (Å²) in [4.78, 5) is 38.8.